The molecule has 0 unspecified atom stereocenters. The molecule has 0 spiro atoms. The second-order valence-corrected chi connectivity index (χ2v) is 4.33. The standard InChI is InChI=1S/C11H14N2O3S/c1-12-11(16)13-10(15)6-7-17-9-5-3-2-4-8(9)14/h2-5,14H,6-7H2,1H3,(H2,12,13,15,16). The normalized spacial score (nSPS) is 9.71. The largest absolute Gasteiger partial charge is 0.507 e. The zero-order chi connectivity index (χ0) is 12.7. The number of para-hydroxylation sites is 1. The average Bonchev–Trinajstić information content (AvgIpc) is 2.31. The number of aromatic hydroxyl groups is 1. The quantitative estimate of drug-likeness (QED) is 0.708. The number of imide groups is 1. The lowest BCUT2D eigenvalue weighted by atomic mass is 10.3. The Kier molecular flexibility index (Phi) is 5.35. The molecule has 0 aliphatic heterocycles. The molecule has 0 aliphatic carbocycles. The third kappa shape index (κ3) is 4.78. The number of phenols is 1. The number of amides is 3. The predicted octanol–water partition coefficient (Wildman–Crippen LogP) is 1.33. The van der Waals surface area contributed by atoms with Crippen LogP contribution < -0.4 is 10.6 Å². The average molecular weight is 254 g/mol. The molecule has 0 radical (unpaired) electrons. The SMILES string of the molecule is CNC(=O)NC(=O)CCSc1ccccc1O. The minimum atomic E-state index is -0.512. The van der Waals surface area contributed by atoms with E-state index < -0.39 is 6.03 Å². The maximum atomic E-state index is 11.2. The molecule has 0 heterocycles. The summed E-state index contributed by atoms with van der Waals surface area (Å²) in [4.78, 5) is 22.8. The van der Waals surface area contributed by atoms with Gasteiger partial charge in [0, 0.05) is 24.1 Å². The third-order valence-electron chi connectivity index (χ3n) is 1.93. The Morgan fingerprint density at radius 3 is 2.71 bits per heavy atom. The summed E-state index contributed by atoms with van der Waals surface area (Å²) in [5.74, 6) is 0.358. The number of hydrogen-bond donors (Lipinski definition) is 3. The van der Waals surface area contributed by atoms with Gasteiger partial charge in [-0.2, -0.15) is 0 Å². The van der Waals surface area contributed by atoms with Crippen molar-refractivity contribution in [3.63, 3.8) is 0 Å². The van der Waals surface area contributed by atoms with Gasteiger partial charge in [0.1, 0.15) is 5.75 Å². The number of thioether (sulfide) groups is 1. The van der Waals surface area contributed by atoms with Gasteiger partial charge in [0.05, 0.1) is 0 Å². The highest BCUT2D eigenvalue weighted by molar-refractivity contribution is 7.99. The van der Waals surface area contributed by atoms with Crippen molar-refractivity contribution in [3.8, 4) is 5.75 Å². The van der Waals surface area contributed by atoms with Gasteiger partial charge in [-0.05, 0) is 12.1 Å². The van der Waals surface area contributed by atoms with E-state index in [4.69, 9.17) is 0 Å². The second-order valence-electron chi connectivity index (χ2n) is 3.19. The van der Waals surface area contributed by atoms with Gasteiger partial charge in [0.15, 0.2) is 0 Å². The first-order valence-corrected chi connectivity index (χ1v) is 6.04. The molecule has 0 saturated carbocycles. The van der Waals surface area contributed by atoms with Crippen molar-refractivity contribution >= 4 is 23.7 Å². The number of carbonyl (C=O) groups is 2. The summed E-state index contributed by atoms with van der Waals surface area (Å²) >= 11 is 1.37. The van der Waals surface area contributed by atoms with E-state index in [0.29, 0.717) is 5.75 Å². The molecule has 92 valence electrons. The van der Waals surface area contributed by atoms with Crippen molar-refractivity contribution in [1.82, 2.24) is 10.6 Å². The Morgan fingerprint density at radius 2 is 2.06 bits per heavy atom. The summed E-state index contributed by atoms with van der Waals surface area (Å²) in [6, 6.07) is 6.40. The van der Waals surface area contributed by atoms with Crippen molar-refractivity contribution in [2.75, 3.05) is 12.8 Å². The topological polar surface area (TPSA) is 78.4 Å². The summed E-state index contributed by atoms with van der Waals surface area (Å²) in [5, 5.41) is 13.9. The molecule has 1 aromatic rings. The molecule has 3 amide bonds. The highest BCUT2D eigenvalue weighted by Crippen LogP contribution is 2.27. The Hall–Kier alpha value is -1.69. The van der Waals surface area contributed by atoms with Crippen LogP contribution in [0, 0.1) is 0 Å². The third-order valence-corrected chi connectivity index (χ3v) is 3.00. The first-order valence-electron chi connectivity index (χ1n) is 5.06. The van der Waals surface area contributed by atoms with Crippen LogP contribution in [-0.2, 0) is 4.79 Å². The van der Waals surface area contributed by atoms with Crippen LogP contribution in [0.5, 0.6) is 5.75 Å². The molecule has 17 heavy (non-hydrogen) atoms. The van der Waals surface area contributed by atoms with Crippen LogP contribution in [0.2, 0.25) is 0 Å². The molecule has 1 aromatic carbocycles. The maximum Gasteiger partial charge on any atom is 0.321 e. The lowest BCUT2D eigenvalue weighted by molar-refractivity contribution is -0.119. The molecule has 3 N–H and O–H groups in total. The van der Waals surface area contributed by atoms with Gasteiger partial charge in [-0.15, -0.1) is 11.8 Å². The molecule has 0 fully saturated rings. The highest BCUT2D eigenvalue weighted by atomic mass is 32.2. The summed E-state index contributed by atoms with van der Waals surface area (Å²) in [6.07, 6.45) is 0.215. The molecule has 1 rings (SSSR count). The monoisotopic (exact) mass is 254 g/mol. The smallest absolute Gasteiger partial charge is 0.321 e. The van der Waals surface area contributed by atoms with Crippen molar-refractivity contribution in [2.45, 2.75) is 11.3 Å². The number of urea groups is 1. The zero-order valence-electron chi connectivity index (χ0n) is 9.40. The number of phenolic OH excluding ortho intramolecular Hbond substituents is 1. The Balaban J connectivity index is 2.31. The zero-order valence-corrected chi connectivity index (χ0v) is 10.2. The van der Waals surface area contributed by atoms with Crippen LogP contribution in [0.3, 0.4) is 0 Å². The van der Waals surface area contributed by atoms with Gasteiger partial charge in [-0.3, -0.25) is 10.1 Å². The van der Waals surface area contributed by atoms with E-state index in [1.54, 1.807) is 18.2 Å². The summed E-state index contributed by atoms with van der Waals surface area (Å²) in [5.41, 5.74) is 0. The molecule has 0 atom stereocenters. The van der Waals surface area contributed by atoms with E-state index in [9.17, 15) is 14.7 Å². The molecular weight excluding hydrogens is 240 g/mol. The first-order chi connectivity index (χ1) is 8.13. The van der Waals surface area contributed by atoms with Gasteiger partial charge in [0.25, 0.3) is 0 Å². The summed E-state index contributed by atoms with van der Waals surface area (Å²) < 4.78 is 0. The van der Waals surface area contributed by atoms with Gasteiger partial charge < -0.3 is 10.4 Å². The minimum Gasteiger partial charge on any atom is -0.507 e. The van der Waals surface area contributed by atoms with Crippen molar-refractivity contribution in [2.24, 2.45) is 0 Å². The maximum absolute atomic E-state index is 11.2. The highest BCUT2D eigenvalue weighted by Gasteiger charge is 2.06. The molecule has 0 aromatic heterocycles. The lowest BCUT2D eigenvalue weighted by Crippen LogP contribution is -2.37. The van der Waals surface area contributed by atoms with Crippen molar-refractivity contribution < 1.29 is 14.7 Å². The lowest BCUT2D eigenvalue weighted by Gasteiger charge is -2.04. The van der Waals surface area contributed by atoms with Crippen molar-refractivity contribution in [1.29, 1.82) is 0 Å². The van der Waals surface area contributed by atoms with Crippen LogP contribution in [0.15, 0.2) is 29.2 Å². The summed E-state index contributed by atoms with van der Waals surface area (Å²) in [7, 11) is 1.44. The van der Waals surface area contributed by atoms with Crippen LogP contribution in [0.25, 0.3) is 0 Å². The Labute approximate surface area is 104 Å². The predicted molar refractivity (Wildman–Crippen MR) is 66.0 cm³/mol. The van der Waals surface area contributed by atoms with Gasteiger partial charge >= 0.3 is 6.03 Å². The molecule has 0 saturated heterocycles. The fraction of sp³-hybridized carbons (Fsp3) is 0.273. The van der Waals surface area contributed by atoms with Gasteiger partial charge in [0.2, 0.25) is 5.91 Å². The molecular formula is C11H14N2O3S. The second kappa shape index (κ2) is 6.80. The minimum absolute atomic E-state index is 0.198. The fourth-order valence-electron chi connectivity index (χ4n) is 1.08. The number of hydrogen-bond acceptors (Lipinski definition) is 4. The van der Waals surface area contributed by atoms with Crippen LogP contribution in [0.1, 0.15) is 6.42 Å². The molecule has 0 aliphatic rings. The Bertz CT molecular complexity index is 409. The van der Waals surface area contributed by atoms with Crippen LogP contribution >= 0.6 is 11.8 Å². The number of nitrogens with one attached hydrogen (secondary N) is 2. The van der Waals surface area contributed by atoms with E-state index in [2.05, 4.69) is 10.6 Å². The first kappa shape index (κ1) is 13.4. The molecule has 5 nitrogen and oxygen atoms in total. The van der Waals surface area contributed by atoms with E-state index in [0.717, 1.165) is 4.90 Å². The van der Waals surface area contributed by atoms with E-state index in [1.807, 2.05) is 6.07 Å². The van der Waals surface area contributed by atoms with E-state index in [-0.39, 0.29) is 18.1 Å². The van der Waals surface area contributed by atoms with Crippen LogP contribution in [0.4, 0.5) is 4.79 Å². The van der Waals surface area contributed by atoms with E-state index >= 15 is 0 Å². The number of carbonyl (C=O) groups excluding carboxylic acids is 2. The fourth-order valence-corrected chi connectivity index (χ4v) is 1.98. The summed E-state index contributed by atoms with van der Waals surface area (Å²) in [6.45, 7) is 0. The van der Waals surface area contributed by atoms with Crippen LogP contribution in [-0.4, -0.2) is 29.8 Å². The number of benzene rings is 1. The van der Waals surface area contributed by atoms with E-state index in [1.165, 1.54) is 18.8 Å². The molecule has 0 bridgehead atoms. The number of rotatable bonds is 4. The molecule has 6 heteroatoms. The van der Waals surface area contributed by atoms with Gasteiger partial charge in [-0.25, -0.2) is 4.79 Å². The Morgan fingerprint density at radius 1 is 1.35 bits per heavy atom. The van der Waals surface area contributed by atoms with Crippen molar-refractivity contribution in [3.05, 3.63) is 24.3 Å². The van der Waals surface area contributed by atoms with Gasteiger partial charge in [-0.1, -0.05) is 12.1 Å².